The number of carbonyl (C=O) groups excluding carboxylic acids is 1. The summed E-state index contributed by atoms with van der Waals surface area (Å²) < 4.78 is 1.96. The fourth-order valence-electron chi connectivity index (χ4n) is 3.09. The first kappa shape index (κ1) is 20.0. The quantitative estimate of drug-likeness (QED) is 0.828. The second-order valence-corrected chi connectivity index (χ2v) is 6.21. The maximum atomic E-state index is 12.7. The van der Waals surface area contributed by atoms with Crippen molar-refractivity contribution >= 4 is 18.3 Å². The Morgan fingerprint density at radius 2 is 2.17 bits per heavy atom. The van der Waals surface area contributed by atoms with Crippen LogP contribution in [0, 0.1) is 5.92 Å². The lowest BCUT2D eigenvalue weighted by molar-refractivity contribution is 0.0727. The second kappa shape index (κ2) is 9.93. The van der Waals surface area contributed by atoms with Crippen LogP contribution in [-0.4, -0.2) is 46.8 Å². The van der Waals surface area contributed by atoms with E-state index in [-0.39, 0.29) is 18.3 Å². The van der Waals surface area contributed by atoms with Gasteiger partial charge in [-0.3, -0.25) is 9.48 Å². The summed E-state index contributed by atoms with van der Waals surface area (Å²) >= 11 is 0. The van der Waals surface area contributed by atoms with Crippen molar-refractivity contribution < 1.29 is 4.79 Å². The summed E-state index contributed by atoms with van der Waals surface area (Å²) in [5.74, 6) is 0.644. The molecule has 5 nitrogen and oxygen atoms in total. The van der Waals surface area contributed by atoms with Crippen LogP contribution in [-0.2, 0) is 0 Å². The smallest absolute Gasteiger partial charge is 0.274 e. The van der Waals surface area contributed by atoms with Crippen molar-refractivity contribution in [3.05, 3.63) is 18.0 Å². The Morgan fingerprint density at radius 3 is 2.74 bits per heavy atom. The molecular weight excluding hydrogens is 312 g/mol. The van der Waals surface area contributed by atoms with Crippen molar-refractivity contribution in [2.45, 2.75) is 52.5 Å². The molecule has 0 bridgehead atoms. The number of piperidine rings is 1. The van der Waals surface area contributed by atoms with Gasteiger partial charge in [-0.1, -0.05) is 26.7 Å². The minimum absolute atomic E-state index is 0. The van der Waals surface area contributed by atoms with E-state index in [4.69, 9.17) is 0 Å². The zero-order chi connectivity index (χ0) is 15.9. The van der Waals surface area contributed by atoms with Gasteiger partial charge in [0.1, 0.15) is 5.69 Å². The standard InChI is InChI=1S/C17H30N4O.ClH/c1-4-14(5-2)13-20(6-3)17(22)16-9-11-21(19-16)15-8-7-10-18-12-15;/h9,11,14-15,18H,4-8,10,12-13H2,1-3H3;1H. The molecule has 1 aliphatic heterocycles. The predicted molar refractivity (Wildman–Crippen MR) is 96.3 cm³/mol. The first-order valence-electron chi connectivity index (χ1n) is 8.74. The third-order valence-corrected chi connectivity index (χ3v) is 4.77. The Kier molecular flexibility index (Phi) is 8.63. The van der Waals surface area contributed by atoms with Crippen LogP contribution in [0.1, 0.15) is 63.0 Å². The highest BCUT2D eigenvalue weighted by molar-refractivity contribution is 5.92. The number of nitrogens with one attached hydrogen (secondary N) is 1. The van der Waals surface area contributed by atoms with Gasteiger partial charge < -0.3 is 10.2 Å². The molecule has 1 aromatic heterocycles. The van der Waals surface area contributed by atoms with Crippen LogP contribution < -0.4 is 5.32 Å². The summed E-state index contributed by atoms with van der Waals surface area (Å²) in [5, 5.41) is 7.94. The van der Waals surface area contributed by atoms with Gasteiger partial charge >= 0.3 is 0 Å². The lowest BCUT2D eigenvalue weighted by Gasteiger charge is -2.25. The van der Waals surface area contributed by atoms with Crippen molar-refractivity contribution in [2.75, 3.05) is 26.2 Å². The average molecular weight is 343 g/mol. The van der Waals surface area contributed by atoms with Gasteiger partial charge in [0.15, 0.2) is 0 Å². The molecule has 1 aliphatic rings. The van der Waals surface area contributed by atoms with E-state index in [1.165, 1.54) is 6.42 Å². The van der Waals surface area contributed by atoms with Gasteiger partial charge in [0.05, 0.1) is 6.04 Å². The molecule has 0 radical (unpaired) electrons. The molecule has 1 fully saturated rings. The third kappa shape index (κ3) is 5.21. The monoisotopic (exact) mass is 342 g/mol. The summed E-state index contributed by atoms with van der Waals surface area (Å²) in [5.41, 5.74) is 0.582. The number of halogens is 1. The molecule has 0 aromatic carbocycles. The molecule has 2 heterocycles. The normalized spacial score (nSPS) is 17.8. The molecule has 0 saturated carbocycles. The molecular formula is C17H31ClN4O. The van der Waals surface area contributed by atoms with Crippen LogP contribution in [0.4, 0.5) is 0 Å². The highest BCUT2D eigenvalue weighted by Crippen LogP contribution is 2.17. The van der Waals surface area contributed by atoms with Crippen LogP contribution >= 0.6 is 12.4 Å². The minimum Gasteiger partial charge on any atom is -0.337 e. The van der Waals surface area contributed by atoms with Gasteiger partial charge in [0.25, 0.3) is 5.91 Å². The van der Waals surface area contributed by atoms with E-state index in [0.717, 1.165) is 45.4 Å². The van der Waals surface area contributed by atoms with Crippen molar-refractivity contribution in [3.63, 3.8) is 0 Å². The van der Waals surface area contributed by atoms with Crippen LogP contribution in [0.3, 0.4) is 0 Å². The zero-order valence-electron chi connectivity index (χ0n) is 14.6. The second-order valence-electron chi connectivity index (χ2n) is 6.21. The van der Waals surface area contributed by atoms with Gasteiger partial charge in [0.2, 0.25) is 0 Å². The van der Waals surface area contributed by atoms with Crippen molar-refractivity contribution in [1.82, 2.24) is 20.0 Å². The summed E-state index contributed by atoms with van der Waals surface area (Å²) in [4.78, 5) is 14.6. The highest BCUT2D eigenvalue weighted by Gasteiger charge is 2.21. The van der Waals surface area contributed by atoms with Crippen molar-refractivity contribution in [1.29, 1.82) is 0 Å². The number of hydrogen-bond donors (Lipinski definition) is 1. The number of carbonyl (C=O) groups is 1. The summed E-state index contributed by atoms with van der Waals surface area (Å²) in [6, 6.07) is 2.25. The number of nitrogens with zero attached hydrogens (tertiary/aromatic N) is 3. The van der Waals surface area contributed by atoms with E-state index in [0.29, 0.717) is 17.7 Å². The molecule has 1 unspecified atom stereocenters. The number of rotatable bonds is 7. The van der Waals surface area contributed by atoms with Gasteiger partial charge in [-0.2, -0.15) is 5.10 Å². The fourth-order valence-corrected chi connectivity index (χ4v) is 3.09. The molecule has 1 saturated heterocycles. The lowest BCUT2D eigenvalue weighted by Crippen LogP contribution is -2.36. The Balaban J connectivity index is 0.00000264. The fraction of sp³-hybridized carbons (Fsp3) is 0.765. The molecule has 1 atom stereocenters. The van der Waals surface area contributed by atoms with Crippen LogP contribution in [0.25, 0.3) is 0 Å². The van der Waals surface area contributed by atoms with E-state index in [2.05, 4.69) is 24.3 Å². The molecule has 132 valence electrons. The van der Waals surface area contributed by atoms with Gasteiger partial charge in [0, 0.05) is 25.8 Å². The lowest BCUT2D eigenvalue weighted by atomic mass is 10.0. The van der Waals surface area contributed by atoms with E-state index >= 15 is 0 Å². The molecule has 0 aliphatic carbocycles. The van der Waals surface area contributed by atoms with Crippen LogP contribution in [0.15, 0.2) is 12.3 Å². The van der Waals surface area contributed by atoms with Gasteiger partial charge in [-0.15, -0.1) is 12.4 Å². The maximum Gasteiger partial charge on any atom is 0.274 e. The summed E-state index contributed by atoms with van der Waals surface area (Å²) in [7, 11) is 0. The first-order valence-corrected chi connectivity index (χ1v) is 8.74. The average Bonchev–Trinajstić information content (AvgIpc) is 3.06. The highest BCUT2D eigenvalue weighted by atomic mass is 35.5. The Bertz CT molecular complexity index is 467. The van der Waals surface area contributed by atoms with E-state index in [1.807, 2.05) is 28.8 Å². The largest absolute Gasteiger partial charge is 0.337 e. The molecule has 2 rings (SSSR count). The molecule has 1 amide bonds. The topological polar surface area (TPSA) is 50.2 Å². The summed E-state index contributed by atoms with van der Waals surface area (Å²) in [6.45, 7) is 10.0. The van der Waals surface area contributed by atoms with E-state index < -0.39 is 0 Å². The number of amides is 1. The van der Waals surface area contributed by atoms with Gasteiger partial charge in [-0.25, -0.2) is 0 Å². The maximum absolute atomic E-state index is 12.7. The van der Waals surface area contributed by atoms with Crippen molar-refractivity contribution in [3.8, 4) is 0 Å². The minimum atomic E-state index is 0. The van der Waals surface area contributed by atoms with Crippen LogP contribution in [0.2, 0.25) is 0 Å². The third-order valence-electron chi connectivity index (χ3n) is 4.77. The zero-order valence-corrected chi connectivity index (χ0v) is 15.4. The predicted octanol–water partition coefficient (Wildman–Crippen LogP) is 3.13. The Morgan fingerprint density at radius 1 is 1.43 bits per heavy atom. The SMILES string of the molecule is CCC(CC)CN(CC)C(=O)c1ccn(C2CCCNC2)n1.Cl. The first-order chi connectivity index (χ1) is 10.7. The van der Waals surface area contributed by atoms with E-state index in [1.54, 1.807) is 0 Å². The Labute approximate surface area is 146 Å². The molecule has 1 aromatic rings. The number of hydrogen-bond acceptors (Lipinski definition) is 3. The summed E-state index contributed by atoms with van der Waals surface area (Å²) in [6.07, 6.45) is 6.48. The molecule has 6 heteroatoms. The van der Waals surface area contributed by atoms with Gasteiger partial charge in [-0.05, 0) is 38.3 Å². The molecule has 23 heavy (non-hydrogen) atoms. The Hall–Kier alpha value is -1.07. The molecule has 1 N–H and O–H groups in total. The van der Waals surface area contributed by atoms with Crippen molar-refractivity contribution in [2.24, 2.45) is 5.92 Å². The van der Waals surface area contributed by atoms with Crippen LogP contribution in [0.5, 0.6) is 0 Å². The number of aromatic nitrogens is 2. The van der Waals surface area contributed by atoms with E-state index in [9.17, 15) is 4.79 Å². The molecule has 0 spiro atoms.